The van der Waals surface area contributed by atoms with Crippen molar-refractivity contribution < 1.29 is 14.4 Å². The highest BCUT2D eigenvalue weighted by atomic mass is 16.2. The van der Waals surface area contributed by atoms with Crippen molar-refractivity contribution in [3.05, 3.63) is 40.4 Å². The fourth-order valence-corrected chi connectivity index (χ4v) is 4.64. The topological polar surface area (TPSA) is 115 Å². The summed E-state index contributed by atoms with van der Waals surface area (Å²) in [5, 5.41) is 3.34. The lowest BCUT2D eigenvalue weighted by Crippen LogP contribution is -2.54. The molecule has 9 nitrogen and oxygen atoms in total. The molecule has 0 bridgehead atoms. The summed E-state index contributed by atoms with van der Waals surface area (Å²) >= 11 is 0. The van der Waals surface area contributed by atoms with Gasteiger partial charge in [0.25, 0.3) is 11.5 Å². The molecule has 0 radical (unpaired) electrons. The number of aromatic nitrogens is 2. The molecule has 31 heavy (non-hydrogen) atoms. The van der Waals surface area contributed by atoms with Crippen LogP contribution in [0.25, 0.3) is 10.9 Å². The van der Waals surface area contributed by atoms with Gasteiger partial charge in [-0.1, -0.05) is 31.9 Å². The van der Waals surface area contributed by atoms with Crippen LogP contribution >= 0.6 is 0 Å². The number of para-hydroxylation sites is 1. The summed E-state index contributed by atoms with van der Waals surface area (Å²) in [6.45, 7) is 3.88. The first-order chi connectivity index (χ1) is 14.9. The second kappa shape index (κ2) is 8.13. The first kappa shape index (κ1) is 21.0. The highest BCUT2D eigenvalue weighted by Crippen LogP contribution is 2.38. The molecular formula is C22H27N5O4. The normalized spacial score (nSPS) is 23.4. The SMILES string of the molecule is CCN(Cc1nc2ccccc2c(=O)[nH]1)C(=O)CN1C(=O)N[C@]2(CCCC[C@H]2C)C1=O. The molecule has 4 rings (SSSR count). The number of likely N-dealkylation sites (N-methyl/N-ethyl adjacent to an activating group) is 1. The summed E-state index contributed by atoms with van der Waals surface area (Å²) in [6.07, 6.45) is 3.38. The van der Waals surface area contributed by atoms with Gasteiger partial charge in [-0.2, -0.15) is 0 Å². The van der Waals surface area contributed by atoms with Gasteiger partial charge < -0.3 is 15.2 Å². The molecule has 1 saturated carbocycles. The second-order valence-electron chi connectivity index (χ2n) is 8.38. The molecule has 1 aliphatic carbocycles. The van der Waals surface area contributed by atoms with Crippen LogP contribution in [0.4, 0.5) is 4.79 Å². The van der Waals surface area contributed by atoms with Gasteiger partial charge in [-0.05, 0) is 37.8 Å². The van der Waals surface area contributed by atoms with E-state index in [0.717, 1.165) is 24.2 Å². The van der Waals surface area contributed by atoms with Crippen molar-refractivity contribution in [2.75, 3.05) is 13.1 Å². The molecule has 1 aromatic carbocycles. The molecule has 1 aliphatic heterocycles. The van der Waals surface area contributed by atoms with E-state index < -0.39 is 11.6 Å². The molecule has 2 aliphatic rings. The van der Waals surface area contributed by atoms with Gasteiger partial charge in [-0.15, -0.1) is 0 Å². The summed E-state index contributed by atoms with van der Waals surface area (Å²) in [4.78, 5) is 60.6. The molecule has 2 fully saturated rings. The van der Waals surface area contributed by atoms with Crippen molar-refractivity contribution in [3.8, 4) is 0 Å². The number of carbonyl (C=O) groups is 3. The Balaban J connectivity index is 1.50. The third-order valence-electron chi connectivity index (χ3n) is 6.53. The van der Waals surface area contributed by atoms with Gasteiger partial charge >= 0.3 is 6.03 Å². The monoisotopic (exact) mass is 425 g/mol. The zero-order valence-corrected chi connectivity index (χ0v) is 17.8. The molecule has 0 unspecified atom stereocenters. The van der Waals surface area contributed by atoms with Crippen LogP contribution in [0.2, 0.25) is 0 Å². The van der Waals surface area contributed by atoms with Gasteiger partial charge in [0.15, 0.2) is 0 Å². The number of nitrogens with zero attached hydrogens (tertiary/aromatic N) is 3. The highest BCUT2D eigenvalue weighted by molar-refractivity contribution is 6.09. The molecule has 2 N–H and O–H groups in total. The average molecular weight is 425 g/mol. The van der Waals surface area contributed by atoms with Crippen LogP contribution in [-0.4, -0.2) is 56.2 Å². The predicted molar refractivity (Wildman–Crippen MR) is 114 cm³/mol. The summed E-state index contributed by atoms with van der Waals surface area (Å²) in [5.41, 5.74) is -0.615. The molecule has 1 saturated heterocycles. The fraction of sp³-hybridized carbons (Fsp3) is 0.500. The molecule has 9 heteroatoms. The average Bonchev–Trinajstić information content (AvgIpc) is 2.99. The van der Waals surface area contributed by atoms with Gasteiger partial charge in [-0.3, -0.25) is 19.3 Å². The number of carbonyl (C=O) groups excluding carboxylic acids is 3. The predicted octanol–water partition coefficient (Wildman–Crippen LogP) is 1.77. The molecule has 4 amide bonds. The highest BCUT2D eigenvalue weighted by Gasteiger charge is 2.55. The van der Waals surface area contributed by atoms with Crippen LogP contribution in [0, 0.1) is 5.92 Å². The number of H-pyrrole nitrogens is 1. The quantitative estimate of drug-likeness (QED) is 0.709. The number of benzene rings is 1. The molecule has 1 aromatic heterocycles. The Morgan fingerprint density at radius 2 is 2.03 bits per heavy atom. The number of imide groups is 1. The third kappa shape index (κ3) is 3.68. The molecule has 2 heterocycles. The number of hydrogen-bond donors (Lipinski definition) is 2. The lowest BCUT2D eigenvalue weighted by Gasteiger charge is -2.36. The molecule has 1 spiro atoms. The maximum Gasteiger partial charge on any atom is 0.325 e. The maximum atomic E-state index is 13.1. The van der Waals surface area contributed by atoms with Crippen LogP contribution in [0.3, 0.4) is 0 Å². The van der Waals surface area contributed by atoms with E-state index in [2.05, 4.69) is 15.3 Å². The number of hydrogen-bond acceptors (Lipinski definition) is 5. The molecule has 164 valence electrons. The van der Waals surface area contributed by atoms with E-state index in [0.29, 0.717) is 29.7 Å². The van der Waals surface area contributed by atoms with Crippen LogP contribution in [-0.2, 0) is 16.1 Å². The standard InChI is InChI=1S/C22H27N5O4/c1-3-26(12-17-23-16-10-5-4-9-15(16)19(29)24-17)18(28)13-27-20(30)22(25-21(27)31)11-7-6-8-14(22)2/h4-5,9-10,14H,3,6-8,11-13H2,1-2H3,(H,25,31)(H,23,24,29)/t14-,22+/m1/s1. The van der Waals surface area contributed by atoms with E-state index in [1.807, 2.05) is 6.92 Å². The third-order valence-corrected chi connectivity index (χ3v) is 6.53. The summed E-state index contributed by atoms with van der Waals surface area (Å²) < 4.78 is 0. The second-order valence-corrected chi connectivity index (χ2v) is 8.38. The Labute approximate surface area is 179 Å². The number of urea groups is 1. The number of rotatable bonds is 5. The van der Waals surface area contributed by atoms with E-state index in [1.54, 1.807) is 31.2 Å². The van der Waals surface area contributed by atoms with E-state index >= 15 is 0 Å². The van der Waals surface area contributed by atoms with Crippen LogP contribution in [0.1, 0.15) is 45.4 Å². The van der Waals surface area contributed by atoms with E-state index in [-0.39, 0.29) is 36.4 Å². The zero-order chi connectivity index (χ0) is 22.2. The number of amides is 4. The van der Waals surface area contributed by atoms with E-state index in [4.69, 9.17) is 0 Å². The van der Waals surface area contributed by atoms with Crippen LogP contribution in [0.15, 0.2) is 29.1 Å². The smallest absolute Gasteiger partial charge is 0.325 e. The van der Waals surface area contributed by atoms with E-state index in [1.165, 1.54) is 4.90 Å². The minimum absolute atomic E-state index is 0.0342. The number of aromatic amines is 1. The Bertz CT molecular complexity index is 1100. The molecule has 2 aromatic rings. The minimum Gasteiger partial charge on any atom is -0.334 e. The number of fused-ring (bicyclic) bond motifs is 1. The van der Waals surface area contributed by atoms with Crippen LogP contribution < -0.4 is 10.9 Å². The van der Waals surface area contributed by atoms with Gasteiger partial charge in [0.1, 0.15) is 17.9 Å². The first-order valence-corrected chi connectivity index (χ1v) is 10.8. The van der Waals surface area contributed by atoms with Crippen LogP contribution in [0.5, 0.6) is 0 Å². The Morgan fingerprint density at radius 1 is 1.26 bits per heavy atom. The zero-order valence-electron chi connectivity index (χ0n) is 17.8. The number of nitrogens with one attached hydrogen (secondary N) is 2. The summed E-state index contributed by atoms with van der Waals surface area (Å²) in [7, 11) is 0. The largest absolute Gasteiger partial charge is 0.334 e. The van der Waals surface area contributed by atoms with Crippen molar-refractivity contribution >= 4 is 28.7 Å². The van der Waals surface area contributed by atoms with E-state index in [9.17, 15) is 19.2 Å². The van der Waals surface area contributed by atoms with Crippen molar-refractivity contribution in [1.29, 1.82) is 0 Å². The lowest BCUT2D eigenvalue weighted by molar-refractivity contribution is -0.140. The van der Waals surface area contributed by atoms with Gasteiger partial charge in [0, 0.05) is 6.54 Å². The summed E-state index contributed by atoms with van der Waals surface area (Å²) in [6, 6.07) is 6.47. The maximum absolute atomic E-state index is 13.1. The molecular weight excluding hydrogens is 398 g/mol. The molecule has 2 atom stereocenters. The van der Waals surface area contributed by atoms with Crippen molar-refractivity contribution in [1.82, 2.24) is 25.1 Å². The van der Waals surface area contributed by atoms with Gasteiger partial charge in [-0.25, -0.2) is 9.78 Å². The van der Waals surface area contributed by atoms with Crippen molar-refractivity contribution in [2.24, 2.45) is 5.92 Å². The first-order valence-electron chi connectivity index (χ1n) is 10.8. The van der Waals surface area contributed by atoms with Gasteiger partial charge in [0.05, 0.1) is 17.4 Å². The van der Waals surface area contributed by atoms with Crippen molar-refractivity contribution in [2.45, 2.75) is 51.6 Å². The Hall–Kier alpha value is -3.23. The minimum atomic E-state index is -0.891. The van der Waals surface area contributed by atoms with Crippen molar-refractivity contribution in [3.63, 3.8) is 0 Å². The fourth-order valence-electron chi connectivity index (χ4n) is 4.64. The Kier molecular flexibility index (Phi) is 5.51. The summed E-state index contributed by atoms with van der Waals surface area (Å²) in [5.74, 6) is -0.297. The Morgan fingerprint density at radius 3 is 2.77 bits per heavy atom. The van der Waals surface area contributed by atoms with Gasteiger partial charge in [0.2, 0.25) is 5.91 Å². The lowest BCUT2D eigenvalue weighted by atomic mass is 9.73.